The Kier molecular flexibility index (Phi) is 4.93. The molecule has 3 fully saturated rings. The number of esters is 1. The largest absolute Gasteiger partial charge is 0.469 e. The molecule has 2 N–H and O–H groups in total. The lowest BCUT2D eigenvalue weighted by molar-refractivity contribution is -0.141. The maximum absolute atomic E-state index is 12.3. The number of nitrogens with one attached hydrogen (secondary N) is 2. The maximum atomic E-state index is 12.3. The van der Waals surface area contributed by atoms with Crippen LogP contribution in [0, 0.1) is 10.1 Å². The van der Waals surface area contributed by atoms with Crippen molar-refractivity contribution < 1.29 is 9.53 Å². The number of nitrogens with zero attached hydrogens (tertiary/aromatic N) is 2. The summed E-state index contributed by atoms with van der Waals surface area (Å²) in [7, 11) is 1.46. The fourth-order valence-electron chi connectivity index (χ4n) is 5.19. The Labute approximate surface area is 168 Å². The minimum Gasteiger partial charge on any atom is -0.469 e. The van der Waals surface area contributed by atoms with E-state index in [4.69, 9.17) is 21.9 Å². The first kappa shape index (κ1) is 19.4. The fourth-order valence-corrected chi connectivity index (χ4v) is 5.42. The lowest BCUT2D eigenvalue weighted by Crippen LogP contribution is -2.45. The van der Waals surface area contributed by atoms with Crippen LogP contribution in [-0.2, 0) is 21.5 Å². The average Bonchev–Trinajstić information content (AvgIpc) is 3.17. The van der Waals surface area contributed by atoms with Gasteiger partial charge in [0.15, 0.2) is 5.65 Å². The van der Waals surface area contributed by atoms with Gasteiger partial charge in [0, 0.05) is 18.4 Å². The summed E-state index contributed by atoms with van der Waals surface area (Å²) in [5, 5.41) is 0. The third kappa shape index (κ3) is 3.11. The zero-order chi connectivity index (χ0) is 19.9. The summed E-state index contributed by atoms with van der Waals surface area (Å²) in [6.45, 7) is 2.66. The van der Waals surface area contributed by atoms with Gasteiger partial charge >= 0.3 is 11.7 Å². The van der Waals surface area contributed by atoms with Crippen LogP contribution in [-0.4, -0.2) is 32.6 Å². The van der Waals surface area contributed by atoms with Crippen molar-refractivity contribution in [2.45, 2.75) is 76.7 Å². The normalized spacial score (nSPS) is 26.6. The zero-order valence-corrected chi connectivity index (χ0v) is 17.4. The van der Waals surface area contributed by atoms with Crippen molar-refractivity contribution in [2.24, 2.45) is 5.41 Å². The molecule has 3 aliphatic rings. The molecule has 5 rings (SSSR count). The molecule has 2 bridgehead atoms. The molecule has 3 saturated carbocycles. The van der Waals surface area contributed by atoms with Gasteiger partial charge in [-0.2, -0.15) is 0 Å². The van der Waals surface area contributed by atoms with Crippen LogP contribution < -0.4 is 5.69 Å². The molecule has 0 aromatic carbocycles. The highest BCUT2D eigenvalue weighted by atomic mass is 32.1. The number of aryl methyl sites for hydroxylation is 1. The molecule has 0 aliphatic heterocycles. The molecule has 28 heavy (non-hydrogen) atoms. The zero-order valence-electron chi connectivity index (χ0n) is 16.6. The summed E-state index contributed by atoms with van der Waals surface area (Å²) < 4.78 is 6.94. The van der Waals surface area contributed by atoms with Gasteiger partial charge in [0.25, 0.3) is 0 Å². The average molecular weight is 405 g/mol. The van der Waals surface area contributed by atoms with E-state index in [0.29, 0.717) is 23.3 Å². The first-order valence-corrected chi connectivity index (χ1v) is 10.6. The number of imidazole rings is 1. The van der Waals surface area contributed by atoms with Crippen LogP contribution in [0.4, 0.5) is 0 Å². The highest BCUT2D eigenvalue weighted by molar-refractivity contribution is 7.71. The second kappa shape index (κ2) is 7.13. The van der Waals surface area contributed by atoms with Crippen LogP contribution in [0.25, 0.3) is 11.2 Å². The first-order valence-electron chi connectivity index (χ1n) is 10.2. The number of hydrogen-bond acceptors (Lipinski definition) is 5. The van der Waals surface area contributed by atoms with Gasteiger partial charge in [0.1, 0.15) is 16.0 Å². The minimum absolute atomic E-state index is 0.0287. The van der Waals surface area contributed by atoms with Gasteiger partial charge in [-0.25, -0.2) is 9.78 Å². The molecule has 3 aliphatic carbocycles. The van der Waals surface area contributed by atoms with E-state index in [1.54, 1.807) is 4.57 Å². The van der Waals surface area contributed by atoms with Crippen LogP contribution in [0.3, 0.4) is 0 Å². The number of ether oxygens (including phenoxy) is 1. The number of carbonyl (C=O) groups excluding carboxylic acids is 1. The van der Waals surface area contributed by atoms with Crippen molar-refractivity contribution in [3.05, 3.63) is 20.9 Å². The fraction of sp³-hybridized carbons (Fsp3) is 0.700. The van der Waals surface area contributed by atoms with Crippen molar-refractivity contribution in [3.63, 3.8) is 0 Å². The van der Waals surface area contributed by atoms with E-state index in [1.165, 1.54) is 7.11 Å². The van der Waals surface area contributed by atoms with Crippen molar-refractivity contribution >= 4 is 29.4 Å². The number of rotatable bonds is 6. The number of H-pyrrole nitrogens is 2. The Bertz CT molecular complexity index is 994. The van der Waals surface area contributed by atoms with Crippen molar-refractivity contribution in [3.8, 4) is 0 Å². The number of methoxy groups -OCH3 is 1. The van der Waals surface area contributed by atoms with Gasteiger partial charge in [-0.3, -0.25) is 14.3 Å². The summed E-state index contributed by atoms with van der Waals surface area (Å²) in [5.74, 6) is 0.857. The number of carbonyl (C=O) groups is 1. The molecule has 0 amide bonds. The minimum atomic E-state index is -0.191. The van der Waals surface area contributed by atoms with E-state index in [2.05, 4.69) is 9.97 Å². The molecule has 2 aromatic heterocycles. The third-order valence-electron chi connectivity index (χ3n) is 7.07. The van der Waals surface area contributed by atoms with Crippen molar-refractivity contribution in [1.82, 2.24) is 19.5 Å². The van der Waals surface area contributed by atoms with Crippen LogP contribution in [0.5, 0.6) is 0 Å². The van der Waals surface area contributed by atoms with Gasteiger partial charge in [-0.15, -0.1) is 0 Å². The summed E-state index contributed by atoms with van der Waals surface area (Å²) in [6, 6.07) is 0. The van der Waals surface area contributed by atoms with Gasteiger partial charge in [-0.05, 0) is 56.8 Å². The molecule has 0 spiro atoms. The van der Waals surface area contributed by atoms with E-state index >= 15 is 0 Å². The number of aromatic amines is 2. The Hall–Kier alpha value is -1.96. The third-order valence-corrected chi connectivity index (χ3v) is 7.38. The summed E-state index contributed by atoms with van der Waals surface area (Å²) in [6.07, 6.45) is 8.77. The Morgan fingerprint density at radius 2 is 1.89 bits per heavy atom. The van der Waals surface area contributed by atoms with Crippen LogP contribution >= 0.6 is 12.2 Å². The number of fused-ring (bicyclic) bond motifs is 4. The maximum Gasteiger partial charge on any atom is 0.328 e. The van der Waals surface area contributed by atoms with Crippen LogP contribution in [0.1, 0.15) is 70.5 Å². The monoisotopic (exact) mass is 404 g/mol. The molecule has 8 heteroatoms. The van der Waals surface area contributed by atoms with E-state index in [0.717, 1.165) is 62.7 Å². The smallest absolute Gasteiger partial charge is 0.328 e. The molecule has 2 heterocycles. The number of aromatic nitrogens is 4. The molecule has 0 unspecified atom stereocenters. The predicted molar refractivity (Wildman–Crippen MR) is 109 cm³/mol. The summed E-state index contributed by atoms with van der Waals surface area (Å²) in [5.41, 5.74) is 1.54. The molecular formula is C20H28N4O3S. The SMILES string of the molecule is CCCn1c(=O)[nH]c(=S)c2[nH]c(C34CCC(CCC(=O)OC)(CC3)CC4)nc21. The highest BCUT2D eigenvalue weighted by Crippen LogP contribution is 2.59. The van der Waals surface area contributed by atoms with Crippen molar-refractivity contribution in [1.29, 1.82) is 0 Å². The van der Waals surface area contributed by atoms with Gasteiger partial charge in [0.2, 0.25) is 0 Å². The van der Waals surface area contributed by atoms with Gasteiger partial charge in [-0.1, -0.05) is 19.1 Å². The molecule has 0 saturated heterocycles. The van der Waals surface area contributed by atoms with Gasteiger partial charge < -0.3 is 9.72 Å². The lowest BCUT2D eigenvalue weighted by atomic mass is 9.52. The number of hydrogen-bond donors (Lipinski definition) is 2. The molecule has 152 valence electrons. The first-order chi connectivity index (χ1) is 13.4. The Morgan fingerprint density at radius 1 is 1.21 bits per heavy atom. The molecule has 2 aromatic rings. The molecule has 0 atom stereocenters. The van der Waals surface area contributed by atoms with Crippen LogP contribution in [0.2, 0.25) is 0 Å². The van der Waals surface area contributed by atoms with E-state index < -0.39 is 0 Å². The van der Waals surface area contributed by atoms with E-state index in [9.17, 15) is 9.59 Å². The van der Waals surface area contributed by atoms with E-state index in [1.807, 2.05) is 6.92 Å². The Morgan fingerprint density at radius 3 is 2.50 bits per heavy atom. The Balaban J connectivity index is 1.63. The highest BCUT2D eigenvalue weighted by Gasteiger charge is 2.50. The molecule has 0 radical (unpaired) electrons. The quantitative estimate of drug-likeness (QED) is 0.565. The summed E-state index contributed by atoms with van der Waals surface area (Å²) in [4.78, 5) is 35.0. The van der Waals surface area contributed by atoms with E-state index in [-0.39, 0.29) is 22.5 Å². The van der Waals surface area contributed by atoms with Crippen molar-refractivity contribution in [2.75, 3.05) is 7.11 Å². The lowest BCUT2D eigenvalue weighted by Gasteiger charge is -2.52. The molecule has 7 nitrogen and oxygen atoms in total. The standard InChI is InChI=1S/C20H28N4O3S/c1-3-12-24-15-14(16(28)23-18(24)26)21-17(22-15)20-9-6-19(7-10-20,8-11-20)5-4-13(25)27-2/h3-12H2,1-2H3,(H,21,22)(H,23,26,28). The molecular weight excluding hydrogens is 376 g/mol. The second-order valence-corrected chi connectivity index (χ2v) is 8.96. The summed E-state index contributed by atoms with van der Waals surface area (Å²) >= 11 is 5.39. The second-order valence-electron chi connectivity index (χ2n) is 8.55. The van der Waals surface area contributed by atoms with Crippen LogP contribution in [0.15, 0.2) is 4.79 Å². The topological polar surface area (TPSA) is 92.8 Å². The predicted octanol–water partition coefficient (Wildman–Crippen LogP) is 3.74. The van der Waals surface area contributed by atoms with Gasteiger partial charge in [0.05, 0.1) is 7.11 Å².